The predicted molar refractivity (Wildman–Crippen MR) is 85.7 cm³/mol. The molecule has 0 heterocycles. The van der Waals surface area contributed by atoms with E-state index in [1.54, 1.807) is 0 Å². The van der Waals surface area contributed by atoms with E-state index < -0.39 is 23.1 Å². The highest BCUT2D eigenvalue weighted by Gasteiger charge is 2.46. The summed E-state index contributed by atoms with van der Waals surface area (Å²) in [5, 5.41) is 20.2. The molecule has 5 nitrogen and oxygen atoms in total. The first-order valence-corrected chi connectivity index (χ1v) is 8.51. The van der Waals surface area contributed by atoms with Gasteiger partial charge in [-0.05, 0) is 25.7 Å². The average molecular weight is 316 g/mol. The number of ether oxygens (including phenoxy) is 1. The monoisotopic (exact) mass is 316 g/mol. The van der Waals surface area contributed by atoms with E-state index >= 15 is 0 Å². The molecule has 1 unspecified atom stereocenters. The third-order valence-corrected chi connectivity index (χ3v) is 3.97. The maximum Gasteiger partial charge on any atom is 0.348 e. The molecule has 1 atom stereocenters. The fraction of sp³-hybridized carbons (Fsp3) is 0.882. The van der Waals surface area contributed by atoms with Crippen molar-refractivity contribution >= 4 is 11.9 Å². The summed E-state index contributed by atoms with van der Waals surface area (Å²) in [6, 6.07) is 0. The quantitative estimate of drug-likeness (QED) is 0.537. The zero-order valence-electron chi connectivity index (χ0n) is 14.5. The van der Waals surface area contributed by atoms with Crippen LogP contribution in [0.4, 0.5) is 0 Å². The topological polar surface area (TPSA) is 83.8 Å². The Morgan fingerprint density at radius 2 is 1.36 bits per heavy atom. The van der Waals surface area contributed by atoms with E-state index in [-0.39, 0.29) is 12.8 Å². The number of carbonyl (C=O) groups is 2. The van der Waals surface area contributed by atoms with Crippen LogP contribution in [-0.4, -0.2) is 33.4 Å². The van der Waals surface area contributed by atoms with Gasteiger partial charge in [-0.1, -0.05) is 59.8 Å². The predicted octanol–water partition coefficient (Wildman–Crippen LogP) is 3.67. The molecule has 0 rings (SSSR count). The summed E-state index contributed by atoms with van der Waals surface area (Å²) in [4.78, 5) is 24.2. The molecule has 0 aliphatic rings. The molecule has 0 saturated heterocycles. The standard InChI is InChI=1S/C17H32O5/c1-5-9-13-16(21,10-6-2)15(20)22-17(11-7-3,12-8-4)14(18)19/h21H,5-13H2,1-4H3,(H,18,19). The second-order valence-corrected chi connectivity index (χ2v) is 6.07. The van der Waals surface area contributed by atoms with Crippen molar-refractivity contribution in [1.82, 2.24) is 0 Å². The molecule has 0 amide bonds. The number of esters is 1. The molecule has 130 valence electrons. The minimum atomic E-state index is -1.58. The molecule has 0 radical (unpaired) electrons. The van der Waals surface area contributed by atoms with Crippen LogP contribution in [0.15, 0.2) is 0 Å². The molecule has 0 aliphatic heterocycles. The van der Waals surface area contributed by atoms with E-state index in [9.17, 15) is 19.8 Å². The molecule has 2 N–H and O–H groups in total. The third kappa shape index (κ3) is 5.59. The van der Waals surface area contributed by atoms with Gasteiger partial charge in [0.1, 0.15) is 0 Å². The van der Waals surface area contributed by atoms with Crippen molar-refractivity contribution < 1.29 is 24.5 Å². The first-order chi connectivity index (χ1) is 10.3. The molecule has 0 bridgehead atoms. The van der Waals surface area contributed by atoms with Crippen molar-refractivity contribution in [3.8, 4) is 0 Å². The lowest BCUT2D eigenvalue weighted by atomic mass is 9.89. The van der Waals surface area contributed by atoms with Crippen LogP contribution in [0, 0.1) is 0 Å². The summed E-state index contributed by atoms with van der Waals surface area (Å²) < 4.78 is 5.41. The van der Waals surface area contributed by atoms with E-state index in [2.05, 4.69) is 0 Å². The Morgan fingerprint density at radius 1 is 0.864 bits per heavy atom. The smallest absolute Gasteiger partial charge is 0.348 e. The number of rotatable bonds is 12. The van der Waals surface area contributed by atoms with Gasteiger partial charge in [0.25, 0.3) is 0 Å². The lowest BCUT2D eigenvalue weighted by Crippen LogP contribution is -2.50. The average Bonchev–Trinajstić information content (AvgIpc) is 2.45. The first kappa shape index (κ1) is 20.9. The second-order valence-electron chi connectivity index (χ2n) is 6.07. The summed E-state index contributed by atoms with van der Waals surface area (Å²) >= 11 is 0. The first-order valence-electron chi connectivity index (χ1n) is 8.51. The highest BCUT2D eigenvalue weighted by molar-refractivity contribution is 5.85. The van der Waals surface area contributed by atoms with Gasteiger partial charge in [-0.15, -0.1) is 0 Å². The van der Waals surface area contributed by atoms with Gasteiger partial charge in [0.15, 0.2) is 5.60 Å². The zero-order chi connectivity index (χ0) is 17.2. The lowest BCUT2D eigenvalue weighted by molar-refractivity contribution is -0.195. The van der Waals surface area contributed by atoms with Gasteiger partial charge in [-0.25, -0.2) is 9.59 Å². The number of carboxylic acids is 1. The van der Waals surface area contributed by atoms with E-state index in [0.29, 0.717) is 38.5 Å². The van der Waals surface area contributed by atoms with Crippen molar-refractivity contribution in [2.45, 2.75) is 96.7 Å². The molecule has 0 aromatic rings. The molecular formula is C17H32O5. The highest BCUT2D eigenvalue weighted by Crippen LogP contribution is 2.30. The van der Waals surface area contributed by atoms with E-state index in [0.717, 1.165) is 6.42 Å². The van der Waals surface area contributed by atoms with Crippen LogP contribution in [0.25, 0.3) is 0 Å². The van der Waals surface area contributed by atoms with Gasteiger partial charge < -0.3 is 14.9 Å². The van der Waals surface area contributed by atoms with Crippen LogP contribution >= 0.6 is 0 Å². The largest absolute Gasteiger partial charge is 0.478 e. The van der Waals surface area contributed by atoms with Crippen LogP contribution in [0.1, 0.15) is 85.5 Å². The van der Waals surface area contributed by atoms with E-state index in [1.807, 2.05) is 27.7 Å². The zero-order valence-corrected chi connectivity index (χ0v) is 14.5. The molecule has 0 aromatic carbocycles. The van der Waals surface area contributed by atoms with Gasteiger partial charge in [-0.3, -0.25) is 0 Å². The Balaban J connectivity index is 5.29. The van der Waals surface area contributed by atoms with Gasteiger partial charge in [-0.2, -0.15) is 0 Å². The summed E-state index contributed by atoms with van der Waals surface area (Å²) in [5.74, 6) is -1.91. The van der Waals surface area contributed by atoms with Crippen LogP contribution in [0.5, 0.6) is 0 Å². The van der Waals surface area contributed by atoms with Gasteiger partial charge >= 0.3 is 11.9 Å². The Bertz CT molecular complexity index is 347. The van der Waals surface area contributed by atoms with Crippen LogP contribution in [0.3, 0.4) is 0 Å². The summed E-state index contributed by atoms with van der Waals surface area (Å²) in [5.41, 5.74) is -3.10. The normalized spacial score (nSPS) is 14.4. The van der Waals surface area contributed by atoms with Crippen LogP contribution in [0.2, 0.25) is 0 Å². The number of hydrogen-bond donors (Lipinski definition) is 2. The van der Waals surface area contributed by atoms with Crippen LogP contribution in [-0.2, 0) is 14.3 Å². The van der Waals surface area contributed by atoms with Gasteiger partial charge in [0.2, 0.25) is 5.60 Å². The SMILES string of the molecule is CCCCC(O)(CCC)C(=O)OC(CCC)(CCC)C(=O)O. The molecule has 22 heavy (non-hydrogen) atoms. The number of unbranched alkanes of at least 4 members (excludes halogenated alkanes) is 1. The lowest BCUT2D eigenvalue weighted by Gasteiger charge is -2.34. The summed E-state index contributed by atoms with van der Waals surface area (Å²) in [6.07, 6.45) is 4.51. The molecule has 0 fully saturated rings. The van der Waals surface area contributed by atoms with Crippen LogP contribution < -0.4 is 0 Å². The summed E-state index contributed by atoms with van der Waals surface area (Å²) in [6.45, 7) is 7.58. The molecule has 0 aromatic heterocycles. The number of hydrogen-bond acceptors (Lipinski definition) is 4. The van der Waals surface area contributed by atoms with Crippen molar-refractivity contribution in [3.63, 3.8) is 0 Å². The van der Waals surface area contributed by atoms with Crippen molar-refractivity contribution in [2.75, 3.05) is 0 Å². The molecule has 5 heteroatoms. The van der Waals surface area contributed by atoms with Gasteiger partial charge in [0.05, 0.1) is 0 Å². The Labute approximate surface area is 134 Å². The number of carboxylic acid groups (broad SMARTS) is 1. The highest BCUT2D eigenvalue weighted by atomic mass is 16.6. The van der Waals surface area contributed by atoms with E-state index in [4.69, 9.17) is 4.74 Å². The Kier molecular flexibility index (Phi) is 9.33. The minimum absolute atomic E-state index is 0.262. The molecule has 0 spiro atoms. The number of carbonyl (C=O) groups excluding carboxylic acids is 1. The van der Waals surface area contributed by atoms with Crippen molar-refractivity contribution in [3.05, 3.63) is 0 Å². The number of aliphatic carboxylic acids is 1. The number of aliphatic hydroxyl groups is 1. The fourth-order valence-electron chi connectivity index (χ4n) is 2.78. The maximum absolute atomic E-state index is 12.5. The second kappa shape index (κ2) is 9.82. The van der Waals surface area contributed by atoms with Crippen molar-refractivity contribution in [1.29, 1.82) is 0 Å². The van der Waals surface area contributed by atoms with Gasteiger partial charge in [0, 0.05) is 0 Å². The molecular weight excluding hydrogens is 284 g/mol. The minimum Gasteiger partial charge on any atom is -0.478 e. The van der Waals surface area contributed by atoms with Crippen molar-refractivity contribution in [2.24, 2.45) is 0 Å². The molecule has 0 aliphatic carbocycles. The third-order valence-electron chi connectivity index (χ3n) is 3.97. The maximum atomic E-state index is 12.5. The van der Waals surface area contributed by atoms with E-state index in [1.165, 1.54) is 0 Å². The fourth-order valence-corrected chi connectivity index (χ4v) is 2.78. The Morgan fingerprint density at radius 3 is 1.73 bits per heavy atom. The molecule has 0 saturated carbocycles. The Hall–Kier alpha value is -1.10. The summed E-state index contributed by atoms with van der Waals surface area (Å²) in [7, 11) is 0.